The van der Waals surface area contributed by atoms with Crippen LogP contribution in [0.15, 0.2) is 22.6 Å². The van der Waals surface area contributed by atoms with Gasteiger partial charge in [-0.15, -0.1) is 0 Å². The number of aromatic hydroxyl groups is 1. The molecule has 2 N–H and O–H groups in total. The van der Waals surface area contributed by atoms with Crippen LogP contribution in [0.5, 0.6) is 5.75 Å². The number of hydrogen-bond acceptors (Lipinski definition) is 5. The third kappa shape index (κ3) is 2.94. The van der Waals surface area contributed by atoms with Gasteiger partial charge in [-0.1, -0.05) is 0 Å². The van der Waals surface area contributed by atoms with Gasteiger partial charge in [-0.3, -0.25) is 0 Å². The standard InChI is InChI=1S/C15H20N2O3/c1-10(11-3-2-6-19-9-11)16-8-15-17-13-5-4-12(18)7-14(13)20-15/h4-5,7,10-11,16,18H,2-3,6,8-9H2,1H3/t10-,11-/m0/s1. The van der Waals surface area contributed by atoms with Crippen LogP contribution in [0.1, 0.15) is 25.7 Å². The van der Waals surface area contributed by atoms with Crippen molar-refractivity contribution in [3.05, 3.63) is 24.1 Å². The van der Waals surface area contributed by atoms with E-state index in [4.69, 9.17) is 9.15 Å². The van der Waals surface area contributed by atoms with E-state index in [1.165, 1.54) is 6.42 Å². The van der Waals surface area contributed by atoms with Crippen LogP contribution < -0.4 is 5.32 Å². The Kier molecular flexibility index (Phi) is 3.89. The van der Waals surface area contributed by atoms with Crippen molar-refractivity contribution in [3.8, 4) is 5.75 Å². The summed E-state index contributed by atoms with van der Waals surface area (Å²) in [5.41, 5.74) is 1.39. The average Bonchev–Trinajstić information content (AvgIpc) is 2.87. The molecule has 0 spiro atoms. The van der Waals surface area contributed by atoms with Gasteiger partial charge in [0.2, 0.25) is 5.89 Å². The molecule has 0 bridgehead atoms. The number of fused-ring (bicyclic) bond motifs is 1. The molecule has 2 aromatic rings. The van der Waals surface area contributed by atoms with Gasteiger partial charge in [-0.25, -0.2) is 4.98 Å². The molecule has 1 fully saturated rings. The zero-order valence-corrected chi connectivity index (χ0v) is 11.6. The van der Waals surface area contributed by atoms with Crippen LogP contribution in [0.2, 0.25) is 0 Å². The Morgan fingerprint density at radius 1 is 1.50 bits per heavy atom. The highest BCUT2D eigenvalue weighted by atomic mass is 16.5. The number of phenolic OH excluding ortho intramolecular Hbond substituents is 1. The smallest absolute Gasteiger partial charge is 0.209 e. The second-order valence-corrected chi connectivity index (χ2v) is 5.41. The lowest BCUT2D eigenvalue weighted by atomic mass is 9.95. The number of benzene rings is 1. The molecule has 0 saturated carbocycles. The molecule has 0 unspecified atom stereocenters. The fourth-order valence-corrected chi connectivity index (χ4v) is 2.61. The van der Waals surface area contributed by atoms with Crippen molar-refractivity contribution in [2.24, 2.45) is 5.92 Å². The molecule has 1 aromatic heterocycles. The molecule has 108 valence electrons. The largest absolute Gasteiger partial charge is 0.508 e. The lowest BCUT2D eigenvalue weighted by molar-refractivity contribution is 0.0414. The van der Waals surface area contributed by atoms with Crippen molar-refractivity contribution in [1.29, 1.82) is 0 Å². The fourth-order valence-electron chi connectivity index (χ4n) is 2.61. The number of nitrogens with zero attached hydrogens (tertiary/aromatic N) is 1. The number of aromatic nitrogens is 1. The van der Waals surface area contributed by atoms with Crippen LogP contribution in [-0.2, 0) is 11.3 Å². The highest BCUT2D eigenvalue weighted by Crippen LogP contribution is 2.21. The van der Waals surface area contributed by atoms with Gasteiger partial charge in [-0.2, -0.15) is 0 Å². The monoisotopic (exact) mass is 276 g/mol. The summed E-state index contributed by atoms with van der Waals surface area (Å²) in [7, 11) is 0. The van der Waals surface area contributed by atoms with E-state index >= 15 is 0 Å². The maximum absolute atomic E-state index is 9.41. The molecule has 5 heteroatoms. The summed E-state index contributed by atoms with van der Waals surface area (Å²) in [6.45, 7) is 4.48. The summed E-state index contributed by atoms with van der Waals surface area (Å²) in [5.74, 6) is 1.40. The zero-order chi connectivity index (χ0) is 13.9. The summed E-state index contributed by atoms with van der Waals surface area (Å²) < 4.78 is 11.1. The number of rotatable bonds is 4. The van der Waals surface area contributed by atoms with Crippen molar-refractivity contribution < 1.29 is 14.3 Å². The molecule has 20 heavy (non-hydrogen) atoms. The molecular weight excluding hydrogens is 256 g/mol. The predicted octanol–water partition coefficient (Wildman–Crippen LogP) is 2.44. The highest BCUT2D eigenvalue weighted by molar-refractivity contribution is 5.74. The molecule has 1 aromatic carbocycles. The minimum atomic E-state index is 0.195. The Labute approximate surface area is 117 Å². The average molecular weight is 276 g/mol. The predicted molar refractivity (Wildman–Crippen MR) is 75.5 cm³/mol. The molecule has 2 atom stereocenters. The summed E-state index contributed by atoms with van der Waals surface area (Å²) in [4.78, 5) is 4.40. The molecule has 2 heterocycles. The van der Waals surface area contributed by atoms with E-state index in [0.717, 1.165) is 25.2 Å². The first kappa shape index (κ1) is 13.4. The van der Waals surface area contributed by atoms with Crippen LogP contribution in [0.4, 0.5) is 0 Å². The molecule has 3 rings (SSSR count). The number of nitrogens with one attached hydrogen (secondary N) is 1. The van der Waals surface area contributed by atoms with E-state index in [1.807, 2.05) is 0 Å². The van der Waals surface area contributed by atoms with E-state index in [-0.39, 0.29) is 5.75 Å². The highest BCUT2D eigenvalue weighted by Gasteiger charge is 2.20. The van der Waals surface area contributed by atoms with Gasteiger partial charge >= 0.3 is 0 Å². The van der Waals surface area contributed by atoms with Crippen molar-refractivity contribution in [2.75, 3.05) is 13.2 Å². The third-order valence-electron chi connectivity index (χ3n) is 3.89. The molecule has 1 aliphatic heterocycles. The van der Waals surface area contributed by atoms with E-state index in [9.17, 15) is 5.11 Å². The van der Waals surface area contributed by atoms with Gasteiger partial charge in [-0.05, 0) is 37.8 Å². The summed E-state index contributed by atoms with van der Waals surface area (Å²) in [6, 6.07) is 5.34. The van der Waals surface area contributed by atoms with E-state index in [0.29, 0.717) is 30.0 Å². The zero-order valence-electron chi connectivity index (χ0n) is 11.6. The van der Waals surface area contributed by atoms with Crippen molar-refractivity contribution in [3.63, 3.8) is 0 Å². The maximum atomic E-state index is 9.41. The second-order valence-electron chi connectivity index (χ2n) is 5.41. The van der Waals surface area contributed by atoms with Crippen LogP contribution in [0.25, 0.3) is 11.1 Å². The molecule has 0 radical (unpaired) electrons. The Balaban J connectivity index is 1.61. The number of phenols is 1. The molecule has 0 aliphatic carbocycles. The molecule has 5 nitrogen and oxygen atoms in total. The van der Waals surface area contributed by atoms with Crippen LogP contribution in [0.3, 0.4) is 0 Å². The van der Waals surface area contributed by atoms with E-state index in [2.05, 4.69) is 17.2 Å². The number of ether oxygens (including phenoxy) is 1. The van der Waals surface area contributed by atoms with E-state index in [1.54, 1.807) is 18.2 Å². The van der Waals surface area contributed by atoms with E-state index < -0.39 is 0 Å². The topological polar surface area (TPSA) is 67.5 Å². The Morgan fingerprint density at radius 3 is 3.20 bits per heavy atom. The van der Waals surface area contributed by atoms with Gasteiger partial charge in [0.25, 0.3) is 0 Å². The number of oxazole rings is 1. The SMILES string of the molecule is C[C@H](NCc1nc2ccc(O)cc2o1)[C@H]1CCCOC1. The quantitative estimate of drug-likeness (QED) is 0.897. The summed E-state index contributed by atoms with van der Waals surface area (Å²) >= 11 is 0. The van der Waals surface area contributed by atoms with Crippen molar-refractivity contribution in [2.45, 2.75) is 32.4 Å². The van der Waals surface area contributed by atoms with Gasteiger partial charge in [0.1, 0.15) is 11.3 Å². The lowest BCUT2D eigenvalue weighted by Crippen LogP contribution is -2.37. The minimum absolute atomic E-state index is 0.195. The van der Waals surface area contributed by atoms with Crippen molar-refractivity contribution in [1.82, 2.24) is 10.3 Å². The maximum Gasteiger partial charge on any atom is 0.209 e. The molecule has 1 saturated heterocycles. The normalized spacial score (nSPS) is 21.1. The fraction of sp³-hybridized carbons (Fsp3) is 0.533. The van der Waals surface area contributed by atoms with Gasteiger partial charge in [0.15, 0.2) is 5.58 Å². The number of hydrogen-bond donors (Lipinski definition) is 2. The van der Waals surface area contributed by atoms with Crippen LogP contribution in [-0.4, -0.2) is 29.3 Å². The first-order valence-corrected chi connectivity index (χ1v) is 7.12. The third-order valence-corrected chi connectivity index (χ3v) is 3.89. The first-order valence-electron chi connectivity index (χ1n) is 7.12. The Morgan fingerprint density at radius 2 is 2.40 bits per heavy atom. The Hall–Kier alpha value is -1.59. The molecule has 1 aliphatic rings. The minimum Gasteiger partial charge on any atom is -0.508 e. The second kappa shape index (κ2) is 5.81. The van der Waals surface area contributed by atoms with Gasteiger partial charge in [0.05, 0.1) is 13.2 Å². The lowest BCUT2D eigenvalue weighted by Gasteiger charge is -2.28. The summed E-state index contributed by atoms with van der Waals surface area (Å²) in [6.07, 6.45) is 2.34. The Bertz CT molecular complexity index is 576. The summed E-state index contributed by atoms with van der Waals surface area (Å²) in [5, 5.41) is 12.9. The van der Waals surface area contributed by atoms with Crippen LogP contribution >= 0.6 is 0 Å². The van der Waals surface area contributed by atoms with Gasteiger partial charge < -0.3 is 19.6 Å². The van der Waals surface area contributed by atoms with Gasteiger partial charge in [0, 0.05) is 18.7 Å². The molecule has 0 amide bonds. The van der Waals surface area contributed by atoms with Crippen LogP contribution in [0, 0.1) is 5.92 Å². The first-order chi connectivity index (χ1) is 9.72. The molecular formula is C15H20N2O3. The van der Waals surface area contributed by atoms with Crippen molar-refractivity contribution >= 4 is 11.1 Å².